The third-order valence-corrected chi connectivity index (χ3v) is 2.88. The minimum atomic E-state index is 0.0961. The minimum Gasteiger partial charge on any atom is -0.395 e. The number of hydrogen-bond acceptors (Lipinski definition) is 5. The average Bonchev–Trinajstić information content (AvgIpc) is 2.88. The summed E-state index contributed by atoms with van der Waals surface area (Å²) < 4.78 is 5.24. The Labute approximate surface area is 118 Å². The Morgan fingerprint density at radius 1 is 1.30 bits per heavy atom. The first-order chi connectivity index (χ1) is 9.81. The van der Waals surface area contributed by atoms with Crippen molar-refractivity contribution in [2.75, 3.05) is 19.7 Å². The number of aliphatic hydroxyl groups is 1. The highest BCUT2D eigenvalue weighted by Gasteiger charge is 2.11. The first-order valence-electron chi connectivity index (χ1n) is 6.61. The molecule has 0 bridgehead atoms. The van der Waals surface area contributed by atoms with E-state index in [1.807, 2.05) is 35.2 Å². The van der Waals surface area contributed by atoms with Crippen LogP contribution in [0.4, 0.5) is 0 Å². The van der Waals surface area contributed by atoms with Gasteiger partial charge in [0.2, 0.25) is 5.89 Å². The zero-order valence-electron chi connectivity index (χ0n) is 11.4. The van der Waals surface area contributed by atoms with Crippen molar-refractivity contribution in [2.45, 2.75) is 13.0 Å². The van der Waals surface area contributed by atoms with Crippen molar-refractivity contribution in [3.05, 3.63) is 60.3 Å². The van der Waals surface area contributed by atoms with Gasteiger partial charge in [-0.3, -0.25) is 4.90 Å². The fourth-order valence-electron chi connectivity index (χ4n) is 1.95. The predicted molar refractivity (Wildman–Crippen MR) is 76.1 cm³/mol. The summed E-state index contributed by atoms with van der Waals surface area (Å²) in [6.07, 6.45) is 2.45. The van der Waals surface area contributed by atoms with E-state index in [4.69, 9.17) is 9.63 Å². The van der Waals surface area contributed by atoms with Gasteiger partial charge in [0.25, 0.3) is 0 Å². The van der Waals surface area contributed by atoms with Gasteiger partial charge in [0.05, 0.1) is 13.2 Å². The lowest BCUT2D eigenvalue weighted by Crippen LogP contribution is -2.26. The Balaban J connectivity index is 1.96. The summed E-state index contributed by atoms with van der Waals surface area (Å²) in [5.74, 6) is 1.24. The van der Waals surface area contributed by atoms with Gasteiger partial charge in [-0.1, -0.05) is 41.6 Å². The lowest BCUT2D eigenvalue weighted by atomic mass is 10.1. The number of hydrogen-bond donors (Lipinski definition) is 1. The van der Waals surface area contributed by atoms with Crippen LogP contribution in [0.25, 0.3) is 0 Å². The highest BCUT2D eigenvalue weighted by Crippen LogP contribution is 2.08. The number of aliphatic hydroxyl groups excluding tert-OH is 1. The van der Waals surface area contributed by atoms with Gasteiger partial charge in [-0.15, -0.1) is 6.58 Å². The Morgan fingerprint density at radius 2 is 2.10 bits per heavy atom. The van der Waals surface area contributed by atoms with E-state index in [0.717, 1.165) is 5.56 Å². The molecule has 5 heteroatoms. The Kier molecular flexibility index (Phi) is 5.46. The maximum absolute atomic E-state index is 9.00. The van der Waals surface area contributed by atoms with Crippen LogP contribution in [0.5, 0.6) is 0 Å². The molecule has 20 heavy (non-hydrogen) atoms. The molecule has 0 radical (unpaired) electrons. The van der Waals surface area contributed by atoms with Gasteiger partial charge < -0.3 is 9.63 Å². The molecule has 0 saturated carbocycles. The molecule has 1 aromatic heterocycles. The first kappa shape index (κ1) is 14.4. The van der Waals surface area contributed by atoms with E-state index in [2.05, 4.69) is 16.7 Å². The van der Waals surface area contributed by atoms with E-state index < -0.39 is 0 Å². The maximum Gasteiger partial charge on any atom is 0.240 e. The van der Waals surface area contributed by atoms with Crippen molar-refractivity contribution in [3.8, 4) is 0 Å². The van der Waals surface area contributed by atoms with Crippen LogP contribution in [0.1, 0.15) is 17.3 Å². The molecular weight excluding hydrogens is 254 g/mol. The van der Waals surface area contributed by atoms with Crippen molar-refractivity contribution in [3.63, 3.8) is 0 Å². The van der Waals surface area contributed by atoms with Crippen LogP contribution in [0, 0.1) is 0 Å². The molecular formula is C15H19N3O2. The zero-order valence-corrected chi connectivity index (χ0v) is 11.4. The molecule has 0 aliphatic carbocycles. The van der Waals surface area contributed by atoms with Crippen LogP contribution in [-0.2, 0) is 13.0 Å². The van der Waals surface area contributed by atoms with Gasteiger partial charge in [0.1, 0.15) is 0 Å². The van der Waals surface area contributed by atoms with E-state index in [0.29, 0.717) is 37.8 Å². The molecule has 0 unspecified atom stereocenters. The largest absolute Gasteiger partial charge is 0.395 e. The van der Waals surface area contributed by atoms with Crippen LogP contribution in [-0.4, -0.2) is 39.8 Å². The summed E-state index contributed by atoms with van der Waals surface area (Å²) in [6.45, 7) is 5.55. The summed E-state index contributed by atoms with van der Waals surface area (Å²) in [5.41, 5.74) is 1.15. The van der Waals surface area contributed by atoms with Crippen LogP contribution >= 0.6 is 0 Å². The van der Waals surface area contributed by atoms with Crippen molar-refractivity contribution >= 4 is 0 Å². The van der Waals surface area contributed by atoms with Crippen molar-refractivity contribution in [1.82, 2.24) is 15.0 Å². The lowest BCUT2D eigenvalue weighted by molar-refractivity contribution is 0.186. The SMILES string of the molecule is C=CCN(CCO)Cc1nc(Cc2ccccc2)no1. The Bertz CT molecular complexity index is 525. The fraction of sp³-hybridized carbons (Fsp3) is 0.333. The second kappa shape index (κ2) is 7.57. The quantitative estimate of drug-likeness (QED) is 0.741. The second-order valence-corrected chi connectivity index (χ2v) is 4.51. The molecule has 0 spiro atoms. The molecule has 0 aliphatic rings. The molecule has 2 rings (SSSR count). The second-order valence-electron chi connectivity index (χ2n) is 4.51. The zero-order chi connectivity index (χ0) is 14.2. The summed E-state index contributed by atoms with van der Waals surface area (Å²) in [6, 6.07) is 10.0. The maximum atomic E-state index is 9.00. The molecule has 106 valence electrons. The molecule has 1 heterocycles. The predicted octanol–water partition coefficient (Wildman–Crippen LogP) is 1.64. The fourth-order valence-corrected chi connectivity index (χ4v) is 1.95. The molecule has 0 aliphatic heterocycles. The van der Waals surface area contributed by atoms with Gasteiger partial charge >= 0.3 is 0 Å². The highest BCUT2D eigenvalue weighted by atomic mass is 16.5. The number of benzene rings is 1. The molecule has 0 atom stereocenters. The summed E-state index contributed by atoms with van der Waals surface area (Å²) in [4.78, 5) is 6.37. The number of aromatic nitrogens is 2. The third kappa shape index (κ3) is 4.29. The molecule has 2 aromatic rings. The molecule has 1 N–H and O–H groups in total. The van der Waals surface area contributed by atoms with Crippen molar-refractivity contribution in [2.24, 2.45) is 0 Å². The van der Waals surface area contributed by atoms with Crippen LogP contribution < -0.4 is 0 Å². The lowest BCUT2D eigenvalue weighted by Gasteiger charge is -2.16. The summed E-state index contributed by atoms with van der Waals surface area (Å²) in [7, 11) is 0. The molecule has 5 nitrogen and oxygen atoms in total. The van der Waals surface area contributed by atoms with Crippen LogP contribution in [0.3, 0.4) is 0 Å². The highest BCUT2D eigenvalue weighted by molar-refractivity contribution is 5.18. The molecule has 0 amide bonds. The van der Waals surface area contributed by atoms with Crippen molar-refractivity contribution in [1.29, 1.82) is 0 Å². The Hall–Kier alpha value is -1.98. The number of rotatable bonds is 8. The van der Waals surface area contributed by atoms with Crippen molar-refractivity contribution < 1.29 is 9.63 Å². The Morgan fingerprint density at radius 3 is 2.80 bits per heavy atom. The van der Waals surface area contributed by atoms with Gasteiger partial charge in [0, 0.05) is 19.5 Å². The average molecular weight is 273 g/mol. The van der Waals surface area contributed by atoms with E-state index >= 15 is 0 Å². The van der Waals surface area contributed by atoms with E-state index in [1.165, 1.54) is 0 Å². The minimum absolute atomic E-state index is 0.0961. The number of nitrogens with zero attached hydrogens (tertiary/aromatic N) is 3. The summed E-state index contributed by atoms with van der Waals surface area (Å²) in [5, 5.41) is 13.0. The molecule has 0 fully saturated rings. The van der Waals surface area contributed by atoms with Gasteiger partial charge in [-0.25, -0.2) is 0 Å². The summed E-state index contributed by atoms with van der Waals surface area (Å²) >= 11 is 0. The van der Waals surface area contributed by atoms with Crippen LogP contribution in [0.2, 0.25) is 0 Å². The van der Waals surface area contributed by atoms with E-state index in [-0.39, 0.29) is 6.61 Å². The smallest absolute Gasteiger partial charge is 0.240 e. The molecule has 1 aromatic carbocycles. The van der Waals surface area contributed by atoms with Gasteiger partial charge in [-0.2, -0.15) is 4.98 Å². The van der Waals surface area contributed by atoms with E-state index in [9.17, 15) is 0 Å². The van der Waals surface area contributed by atoms with Crippen LogP contribution in [0.15, 0.2) is 47.5 Å². The monoisotopic (exact) mass is 273 g/mol. The first-order valence-corrected chi connectivity index (χ1v) is 6.61. The normalized spacial score (nSPS) is 10.9. The molecule has 0 saturated heterocycles. The van der Waals surface area contributed by atoms with Gasteiger partial charge in [-0.05, 0) is 5.56 Å². The standard InChI is InChI=1S/C15H19N3O2/c1-2-8-18(9-10-19)12-15-16-14(17-20-15)11-13-6-4-3-5-7-13/h2-7,19H,1,8-12H2. The van der Waals surface area contributed by atoms with Gasteiger partial charge in [0.15, 0.2) is 5.82 Å². The topological polar surface area (TPSA) is 62.4 Å². The third-order valence-electron chi connectivity index (χ3n) is 2.88. The van der Waals surface area contributed by atoms with E-state index in [1.54, 1.807) is 6.08 Å².